The number of amides is 1. The van der Waals surface area contributed by atoms with Gasteiger partial charge in [-0.15, -0.1) is 0 Å². The van der Waals surface area contributed by atoms with Gasteiger partial charge in [0, 0.05) is 43.5 Å². The number of ether oxygens (including phenoxy) is 2. The van der Waals surface area contributed by atoms with Gasteiger partial charge >= 0.3 is 0 Å². The summed E-state index contributed by atoms with van der Waals surface area (Å²) in [5, 5.41) is 10.8. The van der Waals surface area contributed by atoms with Crippen LogP contribution >= 0.6 is 0 Å². The maximum Gasteiger partial charge on any atom is 0.253 e. The smallest absolute Gasteiger partial charge is 0.253 e. The summed E-state index contributed by atoms with van der Waals surface area (Å²) < 4.78 is 11.2. The number of carboxylic acids is 1. The fourth-order valence-corrected chi connectivity index (χ4v) is 3.33. The van der Waals surface area contributed by atoms with Gasteiger partial charge in [-0.1, -0.05) is 12.1 Å². The summed E-state index contributed by atoms with van der Waals surface area (Å²) in [4.78, 5) is 27.4. The van der Waals surface area contributed by atoms with Crippen molar-refractivity contribution in [2.24, 2.45) is 0 Å². The number of fused-ring (bicyclic) bond motifs is 1. The van der Waals surface area contributed by atoms with E-state index in [1.807, 2.05) is 18.2 Å². The van der Waals surface area contributed by atoms with E-state index in [0.717, 1.165) is 17.2 Å². The van der Waals surface area contributed by atoms with Crippen LogP contribution in [-0.4, -0.2) is 56.2 Å². The van der Waals surface area contributed by atoms with Gasteiger partial charge in [0.05, 0.1) is 5.97 Å². The molecule has 4 rings (SSSR count). The predicted molar refractivity (Wildman–Crippen MR) is 96.3 cm³/mol. The minimum atomic E-state index is -1.25. The molecule has 0 spiro atoms. The molecule has 7 nitrogen and oxygen atoms in total. The molecule has 1 amide bonds. The Balaban J connectivity index is 1.39. The fourth-order valence-electron chi connectivity index (χ4n) is 3.33. The zero-order valence-corrected chi connectivity index (χ0v) is 14.7. The first kappa shape index (κ1) is 17.2. The van der Waals surface area contributed by atoms with Gasteiger partial charge in [0.15, 0.2) is 11.5 Å². The van der Waals surface area contributed by atoms with Crippen molar-refractivity contribution in [3.8, 4) is 11.5 Å². The standard InChI is InChI=1S/C20H20N2O5/c23-19(14-1-3-15(4-2-14)20(24)25)22-9-7-21(8-10-22)16-5-6-17-18(13-16)27-12-11-26-17/h1-6,13H,7-12H2,(H,24,25)/p-1. The summed E-state index contributed by atoms with van der Waals surface area (Å²) in [6, 6.07) is 11.7. The highest BCUT2D eigenvalue weighted by atomic mass is 16.6. The Bertz CT molecular complexity index is 857. The molecule has 7 heteroatoms. The number of rotatable bonds is 3. The molecule has 0 radical (unpaired) electrons. The van der Waals surface area contributed by atoms with Crippen molar-refractivity contribution in [2.75, 3.05) is 44.3 Å². The van der Waals surface area contributed by atoms with Crippen LogP contribution in [0.4, 0.5) is 5.69 Å². The highest BCUT2D eigenvalue weighted by Gasteiger charge is 2.23. The maximum atomic E-state index is 12.6. The molecule has 0 aromatic heterocycles. The summed E-state index contributed by atoms with van der Waals surface area (Å²) in [6.45, 7) is 3.72. The normalized spacial score (nSPS) is 16.1. The van der Waals surface area contributed by atoms with Gasteiger partial charge in [0.1, 0.15) is 13.2 Å². The first-order valence-corrected chi connectivity index (χ1v) is 8.87. The minimum Gasteiger partial charge on any atom is -0.545 e. The summed E-state index contributed by atoms with van der Waals surface area (Å²) in [6.07, 6.45) is 0. The van der Waals surface area contributed by atoms with Gasteiger partial charge in [0.2, 0.25) is 0 Å². The van der Waals surface area contributed by atoms with E-state index in [0.29, 0.717) is 45.0 Å². The molecule has 0 saturated carbocycles. The van der Waals surface area contributed by atoms with E-state index in [1.54, 1.807) is 4.90 Å². The van der Waals surface area contributed by atoms with Crippen LogP contribution in [0.2, 0.25) is 0 Å². The highest BCUT2D eigenvalue weighted by Crippen LogP contribution is 2.34. The number of hydrogen-bond donors (Lipinski definition) is 0. The van der Waals surface area contributed by atoms with Crippen LogP contribution in [-0.2, 0) is 0 Å². The Morgan fingerprint density at radius 2 is 1.44 bits per heavy atom. The van der Waals surface area contributed by atoms with Crippen molar-refractivity contribution < 1.29 is 24.2 Å². The number of piperazine rings is 1. The average Bonchev–Trinajstić information content (AvgIpc) is 2.73. The molecule has 0 atom stereocenters. The van der Waals surface area contributed by atoms with E-state index in [4.69, 9.17) is 9.47 Å². The van der Waals surface area contributed by atoms with E-state index < -0.39 is 5.97 Å². The van der Waals surface area contributed by atoms with Crippen LogP contribution in [0.25, 0.3) is 0 Å². The van der Waals surface area contributed by atoms with Crippen LogP contribution < -0.4 is 19.5 Å². The fraction of sp³-hybridized carbons (Fsp3) is 0.300. The molecule has 2 heterocycles. The van der Waals surface area contributed by atoms with Gasteiger partial charge in [-0.25, -0.2) is 0 Å². The predicted octanol–water partition coefficient (Wildman–Crippen LogP) is 0.784. The Morgan fingerprint density at radius 1 is 0.815 bits per heavy atom. The van der Waals surface area contributed by atoms with Gasteiger partial charge in [-0.3, -0.25) is 4.79 Å². The minimum absolute atomic E-state index is 0.0648. The molecule has 140 valence electrons. The summed E-state index contributed by atoms with van der Waals surface area (Å²) in [5.74, 6) is 0.174. The third-order valence-corrected chi connectivity index (χ3v) is 4.83. The van der Waals surface area contributed by atoms with Gasteiger partial charge < -0.3 is 29.2 Å². The van der Waals surface area contributed by atoms with Crippen molar-refractivity contribution in [1.29, 1.82) is 0 Å². The number of anilines is 1. The van der Waals surface area contributed by atoms with Gasteiger partial charge in [0.25, 0.3) is 5.91 Å². The van der Waals surface area contributed by atoms with Crippen molar-refractivity contribution in [2.45, 2.75) is 0 Å². The molecule has 2 aliphatic heterocycles. The summed E-state index contributed by atoms with van der Waals surface area (Å²) >= 11 is 0. The lowest BCUT2D eigenvalue weighted by atomic mass is 10.1. The third-order valence-electron chi connectivity index (χ3n) is 4.83. The topological polar surface area (TPSA) is 82.1 Å². The number of nitrogens with zero attached hydrogens (tertiary/aromatic N) is 2. The van der Waals surface area contributed by atoms with Gasteiger partial charge in [-0.2, -0.15) is 0 Å². The van der Waals surface area contributed by atoms with Crippen molar-refractivity contribution in [1.82, 2.24) is 4.90 Å². The summed E-state index contributed by atoms with van der Waals surface area (Å²) in [5.41, 5.74) is 1.59. The SMILES string of the molecule is O=C([O-])c1ccc(C(=O)N2CCN(c3ccc4c(c3)OCCO4)CC2)cc1. The largest absolute Gasteiger partial charge is 0.545 e. The number of carbonyl (C=O) groups is 2. The second-order valence-corrected chi connectivity index (χ2v) is 6.47. The van der Waals surface area contributed by atoms with Gasteiger partial charge in [-0.05, 0) is 29.8 Å². The molecule has 2 aliphatic rings. The summed E-state index contributed by atoms with van der Waals surface area (Å²) in [7, 11) is 0. The Labute approximate surface area is 156 Å². The van der Waals surface area contributed by atoms with Crippen LogP contribution in [0.15, 0.2) is 42.5 Å². The second-order valence-electron chi connectivity index (χ2n) is 6.47. The van der Waals surface area contributed by atoms with Crippen LogP contribution in [0, 0.1) is 0 Å². The third kappa shape index (κ3) is 3.53. The lowest BCUT2D eigenvalue weighted by Gasteiger charge is -2.36. The van der Waals surface area contributed by atoms with Crippen LogP contribution in [0.1, 0.15) is 20.7 Å². The van der Waals surface area contributed by atoms with E-state index in [1.165, 1.54) is 24.3 Å². The molecule has 0 aliphatic carbocycles. The number of carbonyl (C=O) groups excluding carboxylic acids is 2. The molecule has 2 aromatic rings. The number of carboxylic acid groups (broad SMARTS) is 1. The average molecular weight is 367 g/mol. The lowest BCUT2D eigenvalue weighted by molar-refractivity contribution is -0.255. The quantitative estimate of drug-likeness (QED) is 0.798. The Morgan fingerprint density at radius 3 is 2.11 bits per heavy atom. The molecule has 2 aromatic carbocycles. The van der Waals surface area contributed by atoms with E-state index in [2.05, 4.69) is 4.90 Å². The number of benzene rings is 2. The zero-order chi connectivity index (χ0) is 18.8. The number of hydrogen-bond acceptors (Lipinski definition) is 6. The lowest BCUT2D eigenvalue weighted by Crippen LogP contribution is -2.48. The Kier molecular flexibility index (Phi) is 4.58. The molecule has 0 unspecified atom stereocenters. The van der Waals surface area contributed by atoms with Crippen molar-refractivity contribution in [3.05, 3.63) is 53.6 Å². The van der Waals surface area contributed by atoms with Crippen LogP contribution in [0.3, 0.4) is 0 Å². The van der Waals surface area contributed by atoms with Crippen LogP contribution in [0.5, 0.6) is 11.5 Å². The second kappa shape index (κ2) is 7.19. The highest BCUT2D eigenvalue weighted by molar-refractivity contribution is 5.95. The first-order chi connectivity index (χ1) is 13.1. The Hall–Kier alpha value is -3.22. The van der Waals surface area contributed by atoms with E-state index in [-0.39, 0.29) is 11.5 Å². The van der Waals surface area contributed by atoms with E-state index in [9.17, 15) is 14.7 Å². The molecule has 27 heavy (non-hydrogen) atoms. The van der Waals surface area contributed by atoms with E-state index >= 15 is 0 Å². The maximum absolute atomic E-state index is 12.6. The molecule has 1 saturated heterocycles. The molecule has 0 N–H and O–H groups in total. The molecule has 0 bridgehead atoms. The molecule has 1 fully saturated rings. The molecular formula is C20H19N2O5-. The molecular weight excluding hydrogens is 348 g/mol. The van der Waals surface area contributed by atoms with Crippen molar-refractivity contribution in [3.63, 3.8) is 0 Å². The zero-order valence-electron chi connectivity index (χ0n) is 14.7. The number of aromatic carboxylic acids is 1. The van der Waals surface area contributed by atoms with Crippen molar-refractivity contribution >= 4 is 17.6 Å². The monoisotopic (exact) mass is 367 g/mol. The first-order valence-electron chi connectivity index (χ1n) is 8.87.